The van der Waals surface area contributed by atoms with E-state index in [1.807, 2.05) is 42.5 Å². The zero-order valence-electron chi connectivity index (χ0n) is 15.2. The standard InChI is InChI=1S/C21H26FN3O/c1-23-21(24-14-11-17-7-5-6-10-20(17)22)25-15-12-19(13-16-25)26-18-8-3-2-4-9-18/h2-10,19H,11-16H2,1H3,(H,23,24). The average molecular weight is 355 g/mol. The number of para-hydroxylation sites is 1. The fourth-order valence-corrected chi connectivity index (χ4v) is 3.22. The SMILES string of the molecule is CN=C(NCCc1ccccc1F)N1CCC(Oc2ccccc2)CC1. The molecule has 4 nitrogen and oxygen atoms in total. The van der Waals surface area contributed by atoms with Crippen LogP contribution in [0, 0.1) is 5.82 Å². The molecule has 0 aliphatic carbocycles. The van der Waals surface area contributed by atoms with Crippen molar-refractivity contribution in [2.24, 2.45) is 4.99 Å². The molecule has 0 spiro atoms. The third-order valence-corrected chi connectivity index (χ3v) is 4.63. The van der Waals surface area contributed by atoms with Crippen molar-refractivity contribution < 1.29 is 9.13 Å². The summed E-state index contributed by atoms with van der Waals surface area (Å²) in [6.45, 7) is 2.46. The van der Waals surface area contributed by atoms with Crippen LogP contribution >= 0.6 is 0 Å². The first-order valence-corrected chi connectivity index (χ1v) is 9.17. The Balaban J connectivity index is 1.44. The molecule has 1 saturated heterocycles. The molecule has 1 heterocycles. The maximum absolute atomic E-state index is 13.7. The van der Waals surface area contributed by atoms with E-state index in [0.29, 0.717) is 13.0 Å². The molecule has 26 heavy (non-hydrogen) atoms. The molecule has 138 valence electrons. The van der Waals surface area contributed by atoms with Crippen LogP contribution in [0.1, 0.15) is 18.4 Å². The first kappa shape index (κ1) is 18.2. The lowest BCUT2D eigenvalue weighted by Crippen LogP contribution is -2.47. The molecule has 0 saturated carbocycles. The molecular weight excluding hydrogens is 329 g/mol. The Kier molecular flexibility index (Phi) is 6.47. The lowest BCUT2D eigenvalue weighted by Gasteiger charge is -2.34. The molecule has 2 aromatic rings. The third-order valence-electron chi connectivity index (χ3n) is 4.63. The van der Waals surface area contributed by atoms with Crippen molar-refractivity contribution in [2.75, 3.05) is 26.7 Å². The molecule has 1 N–H and O–H groups in total. The van der Waals surface area contributed by atoms with Crippen LogP contribution in [-0.4, -0.2) is 43.6 Å². The van der Waals surface area contributed by atoms with E-state index in [1.165, 1.54) is 6.07 Å². The van der Waals surface area contributed by atoms with Crippen molar-refractivity contribution in [1.82, 2.24) is 10.2 Å². The number of piperidine rings is 1. The van der Waals surface area contributed by atoms with Gasteiger partial charge in [-0.3, -0.25) is 4.99 Å². The maximum atomic E-state index is 13.7. The molecule has 1 aliphatic rings. The summed E-state index contributed by atoms with van der Waals surface area (Å²) in [5.74, 6) is 1.65. The Labute approximate surface area is 154 Å². The Morgan fingerprint density at radius 2 is 1.81 bits per heavy atom. The van der Waals surface area contributed by atoms with E-state index in [2.05, 4.69) is 15.2 Å². The molecular formula is C21H26FN3O. The van der Waals surface area contributed by atoms with Crippen LogP contribution in [0.2, 0.25) is 0 Å². The van der Waals surface area contributed by atoms with E-state index >= 15 is 0 Å². The van der Waals surface area contributed by atoms with Crippen LogP contribution in [0.4, 0.5) is 4.39 Å². The second kappa shape index (κ2) is 9.22. The summed E-state index contributed by atoms with van der Waals surface area (Å²) in [5.41, 5.74) is 0.727. The van der Waals surface area contributed by atoms with E-state index in [4.69, 9.17) is 4.74 Å². The predicted molar refractivity (Wildman–Crippen MR) is 103 cm³/mol. The highest BCUT2D eigenvalue weighted by atomic mass is 19.1. The third kappa shape index (κ3) is 4.97. The van der Waals surface area contributed by atoms with Gasteiger partial charge in [0.1, 0.15) is 17.7 Å². The van der Waals surface area contributed by atoms with E-state index in [-0.39, 0.29) is 11.9 Å². The van der Waals surface area contributed by atoms with E-state index in [9.17, 15) is 4.39 Å². The predicted octanol–water partition coefficient (Wildman–Crippen LogP) is 3.49. The van der Waals surface area contributed by atoms with Crippen molar-refractivity contribution in [3.05, 3.63) is 66.0 Å². The van der Waals surface area contributed by atoms with E-state index in [0.717, 1.165) is 43.2 Å². The number of ether oxygens (including phenoxy) is 1. The summed E-state index contributed by atoms with van der Waals surface area (Å²) in [6.07, 6.45) is 2.80. The number of halogens is 1. The van der Waals surface area contributed by atoms with Gasteiger partial charge in [-0.2, -0.15) is 0 Å². The van der Waals surface area contributed by atoms with Crippen LogP contribution in [0.3, 0.4) is 0 Å². The molecule has 0 aromatic heterocycles. The van der Waals surface area contributed by atoms with Gasteiger partial charge in [-0.05, 0) is 30.2 Å². The summed E-state index contributed by atoms with van der Waals surface area (Å²) >= 11 is 0. The Bertz CT molecular complexity index is 712. The number of hydrogen-bond acceptors (Lipinski definition) is 2. The number of guanidine groups is 1. The van der Waals surface area contributed by atoms with Crippen LogP contribution < -0.4 is 10.1 Å². The molecule has 3 rings (SSSR count). The molecule has 0 atom stereocenters. The van der Waals surface area contributed by atoms with Crippen LogP contribution in [0.25, 0.3) is 0 Å². The van der Waals surface area contributed by atoms with Gasteiger partial charge in [-0.1, -0.05) is 36.4 Å². The number of hydrogen-bond donors (Lipinski definition) is 1. The summed E-state index contributed by atoms with van der Waals surface area (Å²) < 4.78 is 19.7. The number of nitrogens with zero attached hydrogens (tertiary/aromatic N) is 2. The molecule has 0 radical (unpaired) electrons. The number of nitrogens with one attached hydrogen (secondary N) is 1. The number of likely N-dealkylation sites (tertiary alicyclic amines) is 1. The van der Waals surface area contributed by atoms with Crippen molar-refractivity contribution >= 4 is 5.96 Å². The van der Waals surface area contributed by atoms with Gasteiger partial charge in [-0.15, -0.1) is 0 Å². The Morgan fingerprint density at radius 3 is 2.50 bits per heavy atom. The monoisotopic (exact) mass is 355 g/mol. The minimum atomic E-state index is -0.150. The van der Waals surface area contributed by atoms with Gasteiger partial charge < -0.3 is 15.0 Å². The highest BCUT2D eigenvalue weighted by molar-refractivity contribution is 5.80. The van der Waals surface area contributed by atoms with Gasteiger partial charge in [-0.25, -0.2) is 4.39 Å². The maximum Gasteiger partial charge on any atom is 0.193 e. The molecule has 2 aromatic carbocycles. The summed E-state index contributed by atoms with van der Waals surface area (Å²) in [7, 11) is 1.79. The molecule has 1 aliphatic heterocycles. The first-order chi connectivity index (χ1) is 12.8. The van der Waals surface area contributed by atoms with Crippen molar-refractivity contribution in [2.45, 2.75) is 25.4 Å². The lowest BCUT2D eigenvalue weighted by molar-refractivity contribution is 0.129. The molecule has 0 unspecified atom stereocenters. The van der Waals surface area contributed by atoms with Gasteiger partial charge >= 0.3 is 0 Å². The van der Waals surface area contributed by atoms with Crippen molar-refractivity contribution in [1.29, 1.82) is 0 Å². The zero-order chi connectivity index (χ0) is 18.2. The Hall–Kier alpha value is -2.56. The summed E-state index contributed by atoms with van der Waals surface area (Å²) in [6, 6.07) is 16.9. The van der Waals surface area contributed by atoms with Gasteiger partial charge in [0, 0.05) is 39.5 Å². The van der Waals surface area contributed by atoms with Gasteiger partial charge in [0.25, 0.3) is 0 Å². The number of benzene rings is 2. The molecule has 0 bridgehead atoms. The summed E-state index contributed by atoms with van der Waals surface area (Å²) in [4.78, 5) is 6.61. The largest absolute Gasteiger partial charge is 0.490 e. The fourth-order valence-electron chi connectivity index (χ4n) is 3.22. The van der Waals surface area contributed by atoms with Crippen LogP contribution in [0.5, 0.6) is 5.75 Å². The minimum Gasteiger partial charge on any atom is -0.490 e. The number of aliphatic imine (C=N–C) groups is 1. The average Bonchev–Trinajstić information content (AvgIpc) is 2.68. The van der Waals surface area contributed by atoms with E-state index in [1.54, 1.807) is 13.1 Å². The van der Waals surface area contributed by atoms with Crippen LogP contribution in [-0.2, 0) is 6.42 Å². The van der Waals surface area contributed by atoms with Crippen LogP contribution in [0.15, 0.2) is 59.6 Å². The quantitative estimate of drug-likeness (QED) is 0.659. The van der Waals surface area contributed by atoms with Gasteiger partial charge in [0.15, 0.2) is 5.96 Å². The second-order valence-electron chi connectivity index (χ2n) is 6.43. The topological polar surface area (TPSA) is 36.9 Å². The highest BCUT2D eigenvalue weighted by Gasteiger charge is 2.22. The molecule has 0 amide bonds. The van der Waals surface area contributed by atoms with Gasteiger partial charge in [0.05, 0.1) is 0 Å². The lowest BCUT2D eigenvalue weighted by atomic mass is 10.1. The molecule has 1 fully saturated rings. The van der Waals surface area contributed by atoms with Crippen molar-refractivity contribution in [3.8, 4) is 5.75 Å². The highest BCUT2D eigenvalue weighted by Crippen LogP contribution is 2.18. The van der Waals surface area contributed by atoms with Gasteiger partial charge in [0.2, 0.25) is 0 Å². The fraction of sp³-hybridized carbons (Fsp3) is 0.381. The molecule has 5 heteroatoms. The second-order valence-corrected chi connectivity index (χ2v) is 6.43. The smallest absolute Gasteiger partial charge is 0.193 e. The minimum absolute atomic E-state index is 0.150. The normalized spacial score (nSPS) is 15.8. The number of rotatable bonds is 5. The first-order valence-electron chi connectivity index (χ1n) is 9.17. The Morgan fingerprint density at radius 1 is 1.12 bits per heavy atom. The van der Waals surface area contributed by atoms with Crippen molar-refractivity contribution in [3.63, 3.8) is 0 Å². The zero-order valence-corrected chi connectivity index (χ0v) is 15.2. The van der Waals surface area contributed by atoms with E-state index < -0.39 is 0 Å². The summed E-state index contributed by atoms with van der Waals surface area (Å²) in [5, 5.41) is 3.35.